The molecule has 1 heterocycles. The fourth-order valence-electron chi connectivity index (χ4n) is 3.99. The predicted molar refractivity (Wildman–Crippen MR) is 122 cm³/mol. The van der Waals surface area contributed by atoms with Crippen molar-refractivity contribution in [2.75, 3.05) is 0 Å². The molecule has 4 rings (SSSR count). The summed E-state index contributed by atoms with van der Waals surface area (Å²) in [6.45, 7) is 2.94. The van der Waals surface area contributed by atoms with Crippen LogP contribution in [0.4, 0.5) is 17.6 Å². The van der Waals surface area contributed by atoms with Crippen LogP contribution in [-0.2, 0) is 6.18 Å². The number of fused-ring (bicyclic) bond motifs is 1. The van der Waals surface area contributed by atoms with Gasteiger partial charge in [-0.2, -0.15) is 18.3 Å². The third-order valence-corrected chi connectivity index (χ3v) is 5.66. The standard InChI is InChI=1S/C26H22F4N2O2/c1-25(2,27)14-23(17-3-5-18(6-4-17)24(33)34)32-22-12-9-19(13-20(22)15-31-32)16-7-10-21(11-8-16)26(28,29)30/h3-13,15,23H,14H2,1-2H3,(H,33,34). The van der Waals surface area contributed by atoms with Gasteiger partial charge in [-0.15, -0.1) is 0 Å². The lowest BCUT2D eigenvalue weighted by atomic mass is 9.94. The van der Waals surface area contributed by atoms with Crippen LogP contribution in [0.5, 0.6) is 0 Å². The number of halogens is 4. The Kier molecular flexibility index (Phi) is 5.93. The minimum absolute atomic E-state index is 0.108. The van der Waals surface area contributed by atoms with Gasteiger partial charge in [0.15, 0.2) is 0 Å². The highest BCUT2D eigenvalue weighted by Gasteiger charge is 2.30. The SMILES string of the molecule is CC(C)(F)CC(c1ccc(C(=O)O)cc1)n1ncc2cc(-c3ccc(C(F)(F)F)cc3)ccc21. The topological polar surface area (TPSA) is 55.1 Å². The van der Waals surface area contributed by atoms with Crippen LogP contribution < -0.4 is 0 Å². The Hall–Kier alpha value is -3.68. The molecule has 1 atom stereocenters. The molecule has 0 fully saturated rings. The molecule has 0 saturated heterocycles. The molecule has 1 unspecified atom stereocenters. The molecule has 0 aliphatic heterocycles. The third-order valence-electron chi connectivity index (χ3n) is 5.66. The van der Waals surface area contributed by atoms with Gasteiger partial charge >= 0.3 is 12.1 Å². The highest BCUT2D eigenvalue weighted by Crippen LogP contribution is 2.35. The highest BCUT2D eigenvalue weighted by atomic mass is 19.4. The van der Waals surface area contributed by atoms with Gasteiger partial charge in [0.05, 0.1) is 28.9 Å². The van der Waals surface area contributed by atoms with Crippen LogP contribution in [0.3, 0.4) is 0 Å². The second-order valence-electron chi connectivity index (χ2n) is 8.80. The smallest absolute Gasteiger partial charge is 0.416 e. The van der Waals surface area contributed by atoms with E-state index in [4.69, 9.17) is 5.11 Å². The lowest BCUT2D eigenvalue weighted by Gasteiger charge is -2.25. The molecule has 34 heavy (non-hydrogen) atoms. The summed E-state index contributed by atoms with van der Waals surface area (Å²) < 4.78 is 55.0. The molecule has 4 nitrogen and oxygen atoms in total. The van der Waals surface area contributed by atoms with Crippen molar-refractivity contribution < 1.29 is 27.5 Å². The summed E-state index contributed by atoms with van der Waals surface area (Å²) in [6, 6.07) is 16.1. The molecule has 4 aromatic rings. The van der Waals surface area contributed by atoms with E-state index in [0.717, 1.165) is 28.6 Å². The van der Waals surface area contributed by atoms with E-state index >= 15 is 0 Å². The molecule has 176 valence electrons. The number of benzene rings is 3. The van der Waals surface area contributed by atoms with Crippen molar-refractivity contribution in [3.8, 4) is 11.1 Å². The van der Waals surface area contributed by atoms with E-state index in [1.54, 1.807) is 35.1 Å². The van der Waals surface area contributed by atoms with Crippen molar-refractivity contribution in [3.05, 3.63) is 89.6 Å². The van der Waals surface area contributed by atoms with E-state index < -0.39 is 29.4 Å². The first-order valence-corrected chi connectivity index (χ1v) is 10.6. The zero-order chi connectivity index (χ0) is 24.7. The van der Waals surface area contributed by atoms with E-state index in [2.05, 4.69) is 5.10 Å². The Balaban J connectivity index is 1.72. The van der Waals surface area contributed by atoms with E-state index in [1.165, 1.54) is 38.1 Å². The molecule has 1 aromatic heterocycles. The molecule has 1 N–H and O–H groups in total. The summed E-state index contributed by atoms with van der Waals surface area (Å²) in [5.41, 5.74) is 0.709. The summed E-state index contributed by atoms with van der Waals surface area (Å²) in [6.07, 6.45) is -2.66. The van der Waals surface area contributed by atoms with Gasteiger partial charge in [0.2, 0.25) is 0 Å². The fourth-order valence-corrected chi connectivity index (χ4v) is 3.99. The van der Waals surface area contributed by atoms with Gasteiger partial charge in [-0.1, -0.05) is 30.3 Å². The average molecular weight is 470 g/mol. The van der Waals surface area contributed by atoms with Crippen LogP contribution in [-0.4, -0.2) is 26.5 Å². The zero-order valence-electron chi connectivity index (χ0n) is 18.5. The molecule has 0 aliphatic carbocycles. The Morgan fingerprint density at radius 1 is 0.941 bits per heavy atom. The second kappa shape index (κ2) is 8.59. The number of aromatic carboxylic acids is 1. The Morgan fingerprint density at radius 3 is 2.12 bits per heavy atom. The highest BCUT2D eigenvalue weighted by molar-refractivity contribution is 5.87. The van der Waals surface area contributed by atoms with Crippen LogP contribution in [0.2, 0.25) is 0 Å². The summed E-state index contributed by atoms with van der Waals surface area (Å²) >= 11 is 0. The molecule has 0 spiro atoms. The van der Waals surface area contributed by atoms with Crippen molar-refractivity contribution >= 4 is 16.9 Å². The van der Waals surface area contributed by atoms with Crippen molar-refractivity contribution in [3.63, 3.8) is 0 Å². The number of carbonyl (C=O) groups is 1. The zero-order valence-corrected chi connectivity index (χ0v) is 18.5. The van der Waals surface area contributed by atoms with Crippen molar-refractivity contribution in [1.82, 2.24) is 9.78 Å². The number of carboxylic acids is 1. The monoisotopic (exact) mass is 470 g/mol. The molecule has 0 bridgehead atoms. The second-order valence-corrected chi connectivity index (χ2v) is 8.80. The summed E-state index contributed by atoms with van der Waals surface area (Å²) in [7, 11) is 0. The molecular formula is C26H22F4N2O2. The summed E-state index contributed by atoms with van der Waals surface area (Å²) in [5, 5.41) is 14.4. The molecule has 3 aromatic carbocycles. The normalized spacial score (nSPS) is 13.2. The number of aromatic nitrogens is 2. The molecular weight excluding hydrogens is 448 g/mol. The van der Waals surface area contributed by atoms with Crippen molar-refractivity contribution in [2.45, 2.75) is 38.2 Å². The van der Waals surface area contributed by atoms with Crippen LogP contribution in [0.25, 0.3) is 22.0 Å². The van der Waals surface area contributed by atoms with Gasteiger partial charge in [0, 0.05) is 11.8 Å². The van der Waals surface area contributed by atoms with Crippen molar-refractivity contribution in [2.24, 2.45) is 0 Å². The Labute approximate surface area is 193 Å². The minimum atomic E-state index is -4.40. The molecule has 8 heteroatoms. The first kappa shape index (κ1) is 23.5. The van der Waals surface area contributed by atoms with E-state index in [0.29, 0.717) is 11.1 Å². The minimum Gasteiger partial charge on any atom is -0.478 e. The van der Waals surface area contributed by atoms with Gasteiger partial charge in [-0.25, -0.2) is 9.18 Å². The first-order chi connectivity index (χ1) is 15.9. The number of alkyl halides is 4. The van der Waals surface area contributed by atoms with Crippen molar-refractivity contribution in [1.29, 1.82) is 0 Å². The number of carboxylic acid groups (broad SMARTS) is 1. The summed E-state index contributed by atoms with van der Waals surface area (Å²) in [5.74, 6) is -1.05. The number of nitrogens with zero attached hydrogens (tertiary/aromatic N) is 2. The molecule has 0 amide bonds. The van der Waals surface area contributed by atoms with Gasteiger partial charge in [-0.05, 0) is 66.9 Å². The Bertz CT molecular complexity index is 1320. The van der Waals surface area contributed by atoms with E-state index in [-0.39, 0.29) is 12.0 Å². The van der Waals surface area contributed by atoms with E-state index in [9.17, 15) is 22.4 Å². The quantitative estimate of drug-likeness (QED) is 0.305. The number of hydrogen-bond acceptors (Lipinski definition) is 2. The van der Waals surface area contributed by atoms with Gasteiger partial charge in [-0.3, -0.25) is 4.68 Å². The first-order valence-electron chi connectivity index (χ1n) is 10.6. The lowest BCUT2D eigenvalue weighted by Crippen LogP contribution is -2.22. The van der Waals surface area contributed by atoms with Gasteiger partial charge in [0.1, 0.15) is 5.67 Å². The predicted octanol–water partition coefficient (Wildman–Crippen LogP) is 7.15. The maximum atomic E-state index is 14.7. The van der Waals surface area contributed by atoms with Gasteiger partial charge in [0.25, 0.3) is 0 Å². The van der Waals surface area contributed by atoms with Crippen LogP contribution in [0, 0.1) is 0 Å². The maximum Gasteiger partial charge on any atom is 0.416 e. The van der Waals surface area contributed by atoms with Crippen LogP contribution in [0.15, 0.2) is 72.9 Å². The lowest BCUT2D eigenvalue weighted by molar-refractivity contribution is -0.137. The van der Waals surface area contributed by atoms with Gasteiger partial charge < -0.3 is 5.11 Å². The third kappa shape index (κ3) is 4.95. The Morgan fingerprint density at radius 2 is 1.56 bits per heavy atom. The van der Waals surface area contributed by atoms with E-state index in [1.807, 2.05) is 6.07 Å². The fraction of sp³-hybridized carbons (Fsp3) is 0.231. The molecule has 0 saturated carbocycles. The average Bonchev–Trinajstić information content (AvgIpc) is 3.19. The largest absolute Gasteiger partial charge is 0.478 e. The molecule has 0 radical (unpaired) electrons. The van der Waals surface area contributed by atoms with Crippen LogP contribution >= 0.6 is 0 Å². The summed E-state index contributed by atoms with van der Waals surface area (Å²) in [4.78, 5) is 11.2. The molecule has 0 aliphatic rings. The van der Waals surface area contributed by atoms with Crippen LogP contribution in [0.1, 0.15) is 47.8 Å². The maximum absolute atomic E-state index is 14.7. The number of hydrogen-bond donors (Lipinski definition) is 1. The number of rotatable bonds is 6.